The van der Waals surface area contributed by atoms with Gasteiger partial charge in [-0.3, -0.25) is 24.4 Å². The highest BCUT2D eigenvalue weighted by atomic mass is 16.5. The van der Waals surface area contributed by atoms with E-state index in [1.54, 1.807) is 32.5 Å². The third-order valence-corrected chi connectivity index (χ3v) is 7.35. The van der Waals surface area contributed by atoms with E-state index in [9.17, 15) is 9.59 Å². The largest absolute Gasteiger partial charge is 0.493 e. The van der Waals surface area contributed by atoms with Crippen molar-refractivity contribution in [2.24, 2.45) is 0 Å². The average Bonchev–Trinajstić information content (AvgIpc) is 3.21. The first-order valence-corrected chi connectivity index (χ1v) is 12.9. The molecule has 1 aromatic heterocycles. The monoisotopic (exact) mass is 513 g/mol. The van der Waals surface area contributed by atoms with Crippen molar-refractivity contribution >= 4 is 17.5 Å². The van der Waals surface area contributed by atoms with Crippen LogP contribution in [-0.2, 0) is 6.54 Å². The van der Waals surface area contributed by atoms with Crippen molar-refractivity contribution in [3.63, 3.8) is 0 Å². The van der Waals surface area contributed by atoms with Crippen LogP contribution in [0, 0.1) is 6.92 Å². The highest BCUT2D eigenvalue weighted by Crippen LogP contribution is 2.40. The summed E-state index contributed by atoms with van der Waals surface area (Å²) in [7, 11) is 3.15. The summed E-state index contributed by atoms with van der Waals surface area (Å²) in [5.41, 5.74) is 3.77. The van der Waals surface area contributed by atoms with E-state index in [4.69, 9.17) is 9.47 Å². The molecule has 8 heteroatoms. The standard InChI is InChI=1S/C30H33N4O4/c1-4-7-24(22-11-12-26(37-2)27(18-22)38-3)34-29(35)23-9-5-10-25(28(23)30(34)36)33-16-14-32(15-17-33)20-21-8-6-13-31-19-21/h5-6,8-13,18-19,24H,1,4,7,14-17,20H2,2-3H3. The Morgan fingerprint density at radius 3 is 2.42 bits per heavy atom. The van der Waals surface area contributed by atoms with Gasteiger partial charge in [0.1, 0.15) is 0 Å². The Morgan fingerprint density at radius 2 is 1.74 bits per heavy atom. The van der Waals surface area contributed by atoms with E-state index in [1.165, 1.54) is 10.5 Å². The van der Waals surface area contributed by atoms with Crippen LogP contribution in [0.3, 0.4) is 0 Å². The molecule has 5 rings (SSSR count). The minimum Gasteiger partial charge on any atom is -0.493 e. The van der Waals surface area contributed by atoms with Gasteiger partial charge in [0.25, 0.3) is 11.8 Å². The van der Waals surface area contributed by atoms with Gasteiger partial charge in [0.2, 0.25) is 0 Å². The van der Waals surface area contributed by atoms with Gasteiger partial charge < -0.3 is 14.4 Å². The second-order valence-corrected chi connectivity index (χ2v) is 9.58. The molecule has 1 saturated heterocycles. The molecule has 0 aliphatic carbocycles. The summed E-state index contributed by atoms with van der Waals surface area (Å²) in [6.07, 6.45) is 4.79. The minimum absolute atomic E-state index is 0.258. The van der Waals surface area contributed by atoms with Crippen LogP contribution >= 0.6 is 0 Å². The van der Waals surface area contributed by atoms with E-state index in [1.807, 2.05) is 36.5 Å². The number of piperazine rings is 1. The third-order valence-electron chi connectivity index (χ3n) is 7.35. The average molecular weight is 514 g/mol. The zero-order chi connectivity index (χ0) is 26.6. The number of methoxy groups -OCH3 is 2. The van der Waals surface area contributed by atoms with Crippen LogP contribution in [0.25, 0.3) is 0 Å². The number of imide groups is 1. The number of rotatable bonds is 9. The summed E-state index contributed by atoms with van der Waals surface area (Å²) < 4.78 is 10.9. The molecule has 2 amide bonds. The third kappa shape index (κ3) is 4.84. The summed E-state index contributed by atoms with van der Waals surface area (Å²) in [5, 5.41) is 0. The molecule has 0 spiro atoms. The molecule has 3 heterocycles. The number of hydrogen-bond acceptors (Lipinski definition) is 7. The molecule has 38 heavy (non-hydrogen) atoms. The van der Waals surface area contributed by atoms with Crippen molar-refractivity contribution < 1.29 is 19.1 Å². The van der Waals surface area contributed by atoms with E-state index in [0.29, 0.717) is 35.5 Å². The molecule has 2 aliphatic rings. The fourth-order valence-corrected chi connectivity index (χ4v) is 5.43. The predicted octanol–water partition coefficient (Wildman–Crippen LogP) is 4.37. The lowest BCUT2D eigenvalue weighted by Gasteiger charge is -2.36. The van der Waals surface area contributed by atoms with Gasteiger partial charge in [-0.05, 0) is 47.9 Å². The SMILES string of the molecule is [CH2]CCC(c1ccc(OC)c(OC)c1)N1C(=O)c2cccc(N3CCN(Cc4cccnc4)CC3)c2C1=O. The first-order valence-electron chi connectivity index (χ1n) is 12.9. The Balaban J connectivity index is 1.39. The second kappa shape index (κ2) is 11.2. The summed E-state index contributed by atoms with van der Waals surface area (Å²) in [6.45, 7) is 8.12. The summed E-state index contributed by atoms with van der Waals surface area (Å²) in [5.74, 6) is 0.624. The van der Waals surface area contributed by atoms with E-state index >= 15 is 0 Å². The molecule has 2 aromatic carbocycles. The number of hydrogen-bond donors (Lipinski definition) is 0. The van der Waals surface area contributed by atoms with Crippen LogP contribution in [0.2, 0.25) is 0 Å². The van der Waals surface area contributed by atoms with Crippen molar-refractivity contribution in [3.8, 4) is 11.5 Å². The molecule has 0 N–H and O–H groups in total. The summed E-state index contributed by atoms with van der Waals surface area (Å²) >= 11 is 0. The lowest BCUT2D eigenvalue weighted by atomic mass is 10.00. The number of fused-ring (bicyclic) bond motifs is 1. The molecular formula is C30H33N4O4. The quantitative estimate of drug-likeness (QED) is 0.393. The predicted molar refractivity (Wildman–Crippen MR) is 146 cm³/mol. The zero-order valence-electron chi connectivity index (χ0n) is 21.9. The van der Waals surface area contributed by atoms with Gasteiger partial charge >= 0.3 is 0 Å². The van der Waals surface area contributed by atoms with Crippen LogP contribution in [0.1, 0.15) is 50.7 Å². The fourth-order valence-electron chi connectivity index (χ4n) is 5.43. The maximum Gasteiger partial charge on any atom is 0.264 e. The van der Waals surface area contributed by atoms with Gasteiger partial charge in [-0.25, -0.2) is 0 Å². The highest BCUT2D eigenvalue weighted by Gasteiger charge is 2.42. The maximum atomic E-state index is 13.9. The second-order valence-electron chi connectivity index (χ2n) is 9.58. The van der Waals surface area contributed by atoms with Crippen LogP contribution in [0.5, 0.6) is 11.5 Å². The van der Waals surface area contributed by atoms with Gasteiger partial charge in [0.15, 0.2) is 11.5 Å². The zero-order valence-corrected chi connectivity index (χ0v) is 21.9. The topological polar surface area (TPSA) is 75.2 Å². The van der Waals surface area contributed by atoms with Crippen molar-refractivity contribution in [1.29, 1.82) is 0 Å². The molecule has 197 valence electrons. The van der Waals surface area contributed by atoms with Crippen molar-refractivity contribution in [3.05, 3.63) is 90.1 Å². The summed E-state index contributed by atoms with van der Waals surface area (Å²) in [4.78, 5) is 37.8. The molecule has 0 saturated carbocycles. The molecule has 3 aromatic rings. The number of nitrogens with zero attached hydrogens (tertiary/aromatic N) is 4. The van der Waals surface area contributed by atoms with Gasteiger partial charge in [0.05, 0.1) is 37.1 Å². The fraction of sp³-hybridized carbons (Fsp3) is 0.333. The van der Waals surface area contributed by atoms with Crippen molar-refractivity contribution in [2.75, 3.05) is 45.3 Å². The molecule has 1 atom stereocenters. The lowest BCUT2D eigenvalue weighted by Crippen LogP contribution is -2.46. The van der Waals surface area contributed by atoms with E-state index in [-0.39, 0.29) is 11.8 Å². The van der Waals surface area contributed by atoms with E-state index < -0.39 is 6.04 Å². The first-order chi connectivity index (χ1) is 18.5. The normalized spacial score (nSPS) is 16.5. The first kappa shape index (κ1) is 25.7. The van der Waals surface area contributed by atoms with Gasteiger partial charge in [0, 0.05) is 45.1 Å². The maximum absolute atomic E-state index is 13.9. The number of aromatic nitrogens is 1. The number of carbonyl (C=O) groups excluding carboxylic acids is 2. The van der Waals surface area contributed by atoms with Crippen LogP contribution < -0.4 is 14.4 Å². The van der Waals surface area contributed by atoms with Crippen LogP contribution in [0.4, 0.5) is 5.69 Å². The van der Waals surface area contributed by atoms with Gasteiger partial charge in [-0.2, -0.15) is 0 Å². The van der Waals surface area contributed by atoms with E-state index in [2.05, 4.69) is 27.8 Å². The molecule has 8 nitrogen and oxygen atoms in total. The van der Waals surface area contributed by atoms with Gasteiger partial charge in [-0.1, -0.05) is 31.5 Å². The molecule has 2 aliphatic heterocycles. The minimum atomic E-state index is -0.455. The Morgan fingerprint density at radius 1 is 0.947 bits per heavy atom. The number of pyridine rings is 1. The smallest absolute Gasteiger partial charge is 0.264 e. The Labute approximate surface area is 223 Å². The molecule has 1 radical (unpaired) electrons. The van der Waals surface area contributed by atoms with E-state index in [0.717, 1.165) is 44.0 Å². The number of ether oxygens (including phenoxy) is 2. The van der Waals surface area contributed by atoms with Crippen molar-refractivity contribution in [1.82, 2.24) is 14.8 Å². The number of amides is 2. The van der Waals surface area contributed by atoms with Crippen LogP contribution in [0.15, 0.2) is 60.9 Å². The Bertz CT molecular complexity index is 1300. The Hall–Kier alpha value is -3.91. The highest BCUT2D eigenvalue weighted by molar-refractivity contribution is 6.24. The lowest BCUT2D eigenvalue weighted by molar-refractivity contribution is 0.0574. The molecule has 1 fully saturated rings. The summed E-state index contributed by atoms with van der Waals surface area (Å²) in [6, 6.07) is 14.7. The van der Waals surface area contributed by atoms with Crippen LogP contribution in [-0.4, -0.2) is 67.0 Å². The number of carbonyl (C=O) groups is 2. The van der Waals surface area contributed by atoms with Crippen molar-refractivity contribution in [2.45, 2.75) is 25.4 Å². The molecule has 1 unspecified atom stereocenters. The van der Waals surface area contributed by atoms with Gasteiger partial charge in [-0.15, -0.1) is 0 Å². The Kier molecular flexibility index (Phi) is 7.60. The molecular weight excluding hydrogens is 480 g/mol. The number of benzene rings is 2. The number of anilines is 1. The molecule has 0 bridgehead atoms.